The predicted molar refractivity (Wildman–Crippen MR) is 121 cm³/mol. The summed E-state index contributed by atoms with van der Waals surface area (Å²) in [6.07, 6.45) is 0.0848. The summed E-state index contributed by atoms with van der Waals surface area (Å²) in [6, 6.07) is 14.7. The van der Waals surface area contributed by atoms with E-state index in [1.54, 1.807) is 31.3 Å². The molecule has 1 aliphatic rings. The molecule has 0 radical (unpaired) electrons. The molecular formula is C23H26N4O5. The second-order valence-electron chi connectivity index (χ2n) is 7.68. The van der Waals surface area contributed by atoms with E-state index in [0.29, 0.717) is 30.0 Å². The zero-order valence-electron chi connectivity index (χ0n) is 18.0. The maximum atomic E-state index is 12.5. The van der Waals surface area contributed by atoms with Gasteiger partial charge in [-0.05, 0) is 36.4 Å². The highest BCUT2D eigenvalue weighted by atomic mass is 16.5. The average Bonchev–Trinajstić information content (AvgIpc) is 3.13. The molecule has 0 bridgehead atoms. The lowest BCUT2D eigenvalue weighted by atomic mass is 10.2. The number of oxazole rings is 1. The van der Waals surface area contributed by atoms with Gasteiger partial charge in [0.05, 0.1) is 25.3 Å². The first-order valence-corrected chi connectivity index (χ1v) is 10.6. The maximum Gasteiger partial charge on any atom is 0.419 e. The number of hydrogen-bond acceptors (Lipinski definition) is 6. The van der Waals surface area contributed by atoms with Crippen LogP contribution in [0.4, 0.5) is 11.4 Å². The molecule has 0 spiro atoms. The molecule has 0 saturated carbocycles. The minimum atomic E-state index is -0.500. The van der Waals surface area contributed by atoms with Crippen LogP contribution >= 0.6 is 0 Å². The molecule has 0 atom stereocenters. The molecule has 1 saturated heterocycles. The molecule has 2 aromatic carbocycles. The number of nitrogens with zero attached hydrogens (tertiary/aromatic N) is 3. The molecule has 9 nitrogen and oxygen atoms in total. The molecule has 1 aliphatic heterocycles. The van der Waals surface area contributed by atoms with E-state index < -0.39 is 5.76 Å². The Kier molecular flexibility index (Phi) is 6.55. The van der Waals surface area contributed by atoms with Crippen molar-refractivity contribution >= 4 is 34.3 Å². The van der Waals surface area contributed by atoms with Crippen LogP contribution in [0.1, 0.15) is 6.42 Å². The minimum absolute atomic E-state index is 0.0783. The van der Waals surface area contributed by atoms with Crippen LogP contribution in [-0.2, 0) is 20.9 Å². The summed E-state index contributed by atoms with van der Waals surface area (Å²) in [5, 5.41) is 2.81. The number of hydrogen-bond donors (Lipinski definition) is 1. The van der Waals surface area contributed by atoms with Crippen molar-refractivity contribution in [2.75, 3.05) is 50.1 Å². The van der Waals surface area contributed by atoms with Gasteiger partial charge in [0.1, 0.15) is 0 Å². The number of nitrogens with one attached hydrogen (secondary N) is 1. The van der Waals surface area contributed by atoms with Crippen molar-refractivity contribution in [3.05, 3.63) is 59.1 Å². The smallest absolute Gasteiger partial charge is 0.408 e. The quantitative estimate of drug-likeness (QED) is 0.605. The molecule has 0 aliphatic carbocycles. The fourth-order valence-corrected chi connectivity index (χ4v) is 3.71. The SMILES string of the molecule is CN(CC(=O)Nc1ccc(N2CCOCC2)cc1)C(=O)CCn1c(=O)oc2ccccc21. The van der Waals surface area contributed by atoms with E-state index >= 15 is 0 Å². The number of amides is 2. The number of benzene rings is 2. The highest BCUT2D eigenvalue weighted by molar-refractivity contribution is 5.94. The van der Waals surface area contributed by atoms with Crippen LogP contribution in [-0.4, -0.2) is 61.2 Å². The lowest BCUT2D eigenvalue weighted by molar-refractivity contribution is -0.133. The Balaban J connectivity index is 1.28. The van der Waals surface area contributed by atoms with Crippen LogP contribution in [0, 0.1) is 0 Å². The monoisotopic (exact) mass is 438 g/mol. The Morgan fingerprint density at radius 3 is 2.53 bits per heavy atom. The topological polar surface area (TPSA) is 97.0 Å². The number of para-hydroxylation sites is 2. The van der Waals surface area contributed by atoms with Crippen LogP contribution in [0.2, 0.25) is 0 Å². The van der Waals surface area contributed by atoms with Crippen LogP contribution in [0.3, 0.4) is 0 Å². The Bertz CT molecular complexity index is 1150. The van der Waals surface area contributed by atoms with Crippen molar-refractivity contribution in [2.24, 2.45) is 0 Å². The number of carbonyl (C=O) groups excluding carboxylic acids is 2. The van der Waals surface area contributed by atoms with Gasteiger partial charge < -0.3 is 24.3 Å². The first-order valence-electron chi connectivity index (χ1n) is 10.6. The molecule has 4 rings (SSSR count). The Morgan fingerprint density at radius 2 is 1.78 bits per heavy atom. The van der Waals surface area contributed by atoms with Crippen LogP contribution in [0.25, 0.3) is 11.1 Å². The van der Waals surface area contributed by atoms with E-state index in [2.05, 4.69) is 10.2 Å². The number of rotatable bonds is 7. The standard InChI is InChI=1S/C23H26N4O5/c1-25(22(29)10-11-27-19-4-2-3-5-20(19)32-23(27)30)16-21(28)24-17-6-8-18(9-7-17)26-12-14-31-15-13-26/h2-9H,10-16H2,1H3,(H,24,28). The van der Waals surface area contributed by atoms with E-state index in [9.17, 15) is 14.4 Å². The van der Waals surface area contributed by atoms with Crippen molar-refractivity contribution in [2.45, 2.75) is 13.0 Å². The van der Waals surface area contributed by atoms with E-state index in [1.165, 1.54) is 9.47 Å². The van der Waals surface area contributed by atoms with Gasteiger partial charge in [0, 0.05) is 44.5 Å². The summed E-state index contributed by atoms with van der Waals surface area (Å²) >= 11 is 0. The number of ether oxygens (including phenoxy) is 1. The Hall–Kier alpha value is -3.59. The molecule has 2 heterocycles. The fourth-order valence-electron chi connectivity index (χ4n) is 3.71. The Labute approximate surface area is 185 Å². The molecule has 168 valence electrons. The van der Waals surface area contributed by atoms with E-state index in [0.717, 1.165) is 18.8 Å². The number of aryl methyl sites for hydroxylation is 1. The molecule has 1 aromatic heterocycles. The van der Waals surface area contributed by atoms with Crippen molar-refractivity contribution in [3.63, 3.8) is 0 Å². The predicted octanol–water partition coefficient (Wildman–Crippen LogP) is 1.92. The summed E-state index contributed by atoms with van der Waals surface area (Å²) in [5.41, 5.74) is 2.88. The number of fused-ring (bicyclic) bond motifs is 1. The molecule has 3 aromatic rings. The fraction of sp³-hybridized carbons (Fsp3) is 0.348. The molecule has 2 amide bonds. The normalized spacial score (nSPS) is 13.8. The average molecular weight is 438 g/mol. The van der Waals surface area contributed by atoms with E-state index in [4.69, 9.17) is 9.15 Å². The van der Waals surface area contributed by atoms with Crippen LogP contribution in [0.5, 0.6) is 0 Å². The second-order valence-corrected chi connectivity index (χ2v) is 7.68. The molecule has 32 heavy (non-hydrogen) atoms. The number of aromatic nitrogens is 1. The van der Waals surface area contributed by atoms with Gasteiger partial charge >= 0.3 is 5.76 Å². The zero-order chi connectivity index (χ0) is 22.5. The summed E-state index contributed by atoms with van der Waals surface area (Å²) in [7, 11) is 1.57. The number of carbonyl (C=O) groups is 2. The van der Waals surface area contributed by atoms with Gasteiger partial charge in [-0.3, -0.25) is 14.2 Å². The van der Waals surface area contributed by atoms with Crippen molar-refractivity contribution in [3.8, 4) is 0 Å². The first-order chi connectivity index (χ1) is 15.5. The van der Waals surface area contributed by atoms with Gasteiger partial charge in [-0.15, -0.1) is 0 Å². The minimum Gasteiger partial charge on any atom is -0.408 e. The molecular weight excluding hydrogens is 412 g/mol. The number of likely N-dealkylation sites (N-methyl/N-ethyl adjacent to an activating group) is 1. The van der Waals surface area contributed by atoms with Crippen molar-refractivity contribution in [1.82, 2.24) is 9.47 Å². The summed E-state index contributed by atoms with van der Waals surface area (Å²) in [5.74, 6) is -1.02. The number of morpholine rings is 1. The van der Waals surface area contributed by atoms with Gasteiger partial charge in [-0.1, -0.05) is 12.1 Å². The highest BCUT2D eigenvalue weighted by Gasteiger charge is 2.16. The molecule has 1 fully saturated rings. The van der Waals surface area contributed by atoms with Gasteiger partial charge in [-0.25, -0.2) is 4.79 Å². The second kappa shape index (κ2) is 9.69. The summed E-state index contributed by atoms with van der Waals surface area (Å²) < 4.78 is 12.0. The third kappa shape index (κ3) is 5.00. The van der Waals surface area contributed by atoms with Crippen LogP contribution in [0.15, 0.2) is 57.7 Å². The number of anilines is 2. The van der Waals surface area contributed by atoms with Gasteiger partial charge in [0.15, 0.2) is 5.58 Å². The van der Waals surface area contributed by atoms with Crippen LogP contribution < -0.4 is 16.0 Å². The summed E-state index contributed by atoms with van der Waals surface area (Å²) in [4.78, 5) is 40.5. The van der Waals surface area contributed by atoms with E-state index in [1.807, 2.05) is 24.3 Å². The van der Waals surface area contributed by atoms with Crippen molar-refractivity contribution in [1.29, 1.82) is 0 Å². The lowest BCUT2D eigenvalue weighted by Crippen LogP contribution is -2.36. The van der Waals surface area contributed by atoms with Crippen molar-refractivity contribution < 1.29 is 18.7 Å². The third-order valence-electron chi connectivity index (χ3n) is 5.46. The molecule has 0 unspecified atom stereocenters. The lowest BCUT2D eigenvalue weighted by Gasteiger charge is -2.28. The van der Waals surface area contributed by atoms with E-state index in [-0.39, 0.29) is 31.3 Å². The van der Waals surface area contributed by atoms with Gasteiger partial charge in [0.25, 0.3) is 0 Å². The first kappa shape index (κ1) is 21.6. The highest BCUT2D eigenvalue weighted by Crippen LogP contribution is 2.19. The van der Waals surface area contributed by atoms with Gasteiger partial charge in [0.2, 0.25) is 11.8 Å². The third-order valence-corrected chi connectivity index (χ3v) is 5.46. The maximum absolute atomic E-state index is 12.5. The summed E-state index contributed by atoms with van der Waals surface area (Å²) in [6.45, 7) is 3.22. The molecule has 9 heteroatoms. The molecule has 1 N–H and O–H groups in total. The zero-order valence-corrected chi connectivity index (χ0v) is 18.0. The largest absolute Gasteiger partial charge is 0.419 e. The Morgan fingerprint density at radius 1 is 1.06 bits per heavy atom. The van der Waals surface area contributed by atoms with Gasteiger partial charge in [-0.2, -0.15) is 0 Å².